The van der Waals surface area contributed by atoms with Crippen LogP contribution < -0.4 is 0 Å². The van der Waals surface area contributed by atoms with Gasteiger partial charge in [-0.2, -0.15) is 0 Å². The minimum absolute atomic E-state index is 0.282. The molecule has 3 heterocycles. The molecule has 122 valence electrons. The van der Waals surface area contributed by atoms with Crippen molar-refractivity contribution >= 4 is 5.97 Å². The lowest BCUT2D eigenvalue weighted by molar-refractivity contribution is -0.199. The maximum atomic E-state index is 12.1. The zero-order valence-electron chi connectivity index (χ0n) is 12.9. The van der Waals surface area contributed by atoms with Crippen molar-refractivity contribution in [3.8, 4) is 0 Å². The van der Waals surface area contributed by atoms with Crippen molar-refractivity contribution in [2.24, 2.45) is 5.11 Å². The number of hydrogen-bond donors (Lipinski definition) is 0. The summed E-state index contributed by atoms with van der Waals surface area (Å²) in [4.78, 5) is 14.8. The molecule has 3 fully saturated rings. The van der Waals surface area contributed by atoms with Crippen molar-refractivity contribution in [2.45, 2.75) is 69.7 Å². The van der Waals surface area contributed by atoms with Gasteiger partial charge in [-0.25, -0.2) is 0 Å². The molecule has 0 unspecified atom stereocenters. The topological polar surface area (TPSA) is 112 Å². The smallest absolute Gasteiger partial charge is 0.318 e. The molecule has 0 radical (unpaired) electrons. The van der Waals surface area contributed by atoms with E-state index in [4.69, 9.17) is 29.2 Å². The van der Waals surface area contributed by atoms with E-state index in [0.29, 0.717) is 0 Å². The summed E-state index contributed by atoms with van der Waals surface area (Å²) in [5.74, 6) is -2.29. The average molecular weight is 313 g/mol. The number of azide groups is 1. The Kier molecular flexibility index (Phi) is 3.58. The van der Waals surface area contributed by atoms with Gasteiger partial charge in [-0.1, -0.05) is 5.11 Å². The van der Waals surface area contributed by atoms with Crippen molar-refractivity contribution in [3.63, 3.8) is 0 Å². The molecule has 3 aliphatic rings. The van der Waals surface area contributed by atoms with Gasteiger partial charge in [0, 0.05) is 4.91 Å². The first-order chi connectivity index (χ1) is 10.2. The lowest BCUT2D eigenvalue weighted by Gasteiger charge is -2.36. The first kappa shape index (κ1) is 15.5. The molecular formula is C13H19N3O6. The minimum atomic E-state index is -1.07. The van der Waals surface area contributed by atoms with Gasteiger partial charge < -0.3 is 23.7 Å². The molecule has 3 saturated heterocycles. The van der Waals surface area contributed by atoms with Crippen LogP contribution >= 0.6 is 0 Å². The maximum absolute atomic E-state index is 12.1. The second kappa shape index (κ2) is 5.07. The Morgan fingerprint density at radius 3 is 2.36 bits per heavy atom. The maximum Gasteiger partial charge on any atom is 0.318 e. The zero-order valence-corrected chi connectivity index (χ0v) is 12.9. The van der Waals surface area contributed by atoms with Crippen LogP contribution in [0, 0.1) is 0 Å². The first-order valence-corrected chi connectivity index (χ1v) is 7.14. The molecule has 3 aliphatic heterocycles. The number of nitrogens with zero attached hydrogens (tertiary/aromatic N) is 3. The number of carbonyl (C=O) groups excluding carboxylic acids is 1. The Balaban J connectivity index is 1.87. The van der Waals surface area contributed by atoms with Crippen LogP contribution in [0.15, 0.2) is 5.11 Å². The van der Waals surface area contributed by atoms with Gasteiger partial charge >= 0.3 is 5.97 Å². The summed E-state index contributed by atoms with van der Waals surface area (Å²) in [6, 6.07) is -1.07. The highest BCUT2D eigenvalue weighted by molar-refractivity contribution is 5.78. The lowest BCUT2D eigenvalue weighted by Crippen LogP contribution is -2.57. The summed E-state index contributed by atoms with van der Waals surface area (Å²) < 4.78 is 28.3. The van der Waals surface area contributed by atoms with Crippen LogP contribution in [-0.2, 0) is 28.5 Å². The second-order valence-corrected chi connectivity index (χ2v) is 6.48. The molecule has 5 atom stereocenters. The Morgan fingerprint density at radius 2 is 1.77 bits per heavy atom. The van der Waals surface area contributed by atoms with E-state index in [9.17, 15) is 4.79 Å². The molecule has 0 spiro atoms. The summed E-state index contributed by atoms with van der Waals surface area (Å²) in [5.41, 5.74) is 8.64. The van der Waals surface area contributed by atoms with Gasteiger partial charge in [0.25, 0.3) is 0 Å². The van der Waals surface area contributed by atoms with Gasteiger partial charge in [0.1, 0.15) is 18.3 Å². The van der Waals surface area contributed by atoms with Crippen molar-refractivity contribution in [1.82, 2.24) is 0 Å². The normalized spacial score (nSPS) is 42.4. The molecule has 0 amide bonds. The third-order valence-corrected chi connectivity index (χ3v) is 3.87. The van der Waals surface area contributed by atoms with Crippen LogP contribution in [0.5, 0.6) is 0 Å². The summed E-state index contributed by atoms with van der Waals surface area (Å²) >= 11 is 0. The number of carbonyl (C=O) groups is 1. The van der Waals surface area contributed by atoms with Crippen molar-refractivity contribution in [1.29, 1.82) is 0 Å². The van der Waals surface area contributed by atoms with E-state index >= 15 is 0 Å². The van der Waals surface area contributed by atoms with Gasteiger partial charge in [-0.05, 0) is 33.2 Å². The third kappa shape index (κ3) is 2.66. The number of ether oxygens (including phenoxy) is 5. The molecule has 0 aromatic rings. The predicted octanol–water partition coefficient (Wildman–Crippen LogP) is 1.26. The molecule has 0 N–H and O–H groups in total. The second-order valence-electron chi connectivity index (χ2n) is 6.48. The van der Waals surface area contributed by atoms with Gasteiger partial charge in [0.2, 0.25) is 0 Å². The van der Waals surface area contributed by atoms with Crippen LogP contribution in [0.25, 0.3) is 10.4 Å². The van der Waals surface area contributed by atoms with Crippen LogP contribution in [-0.4, -0.2) is 54.6 Å². The summed E-state index contributed by atoms with van der Waals surface area (Å²) in [6.45, 7) is 7.32. The average Bonchev–Trinajstić information content (AvgIpc) is 2.91. The van der Waals surface area contributed by atoms with Gasteiger partial charge in [0.05, 0.1) is 6.61 Å². The number of hydrogen-bond acceptors (Lipinski definition) is 7. The highest BCUT2D eigenvalue weighted by Crippen LogP contribution is 2.40. The van der Waals surface area contributed by atoms with E-state index in [1.165, 1.54) is 0 Å². The molecular weight excluding hydrogens is 294 g/mol. The zero-order chi connectivity index (χ0) is 16.1. The van der Waals surface area contributed by atoms with E-state index in [-0.39, 0.29) is 6.61 Å². The van der Waals surface area contributed by atoms with Crippen LogP contribution in [0.1, 0.15) is 27.7 Å². The highest BCUT2D eigenvalue weighted by atomic mass is 16.8. The number of esters is 1. The first-order valence-electron chi connectivity index (χ1n) is 7.14. The fourth-order valence-corrected chi connectivity index (χ4v) is 3.05. The van der Waals surface area contributed by atoms with E-state index in [1.54, 1.807) is 27.7 Å². The lowest BCUT2D eigenvalue weighted by atomic mass is 9.95. The monoisotopic (exact) mass is 313 g/mol. The van der Waals surface area contributed by atoms with Crippen LogP contribution in [0.4, 0.5) is 0 Å². The molecule has 0 bridgehead atoms. The van der Waals surface area contributed by atoms with E-state index < -0.39 is 48.0 Å². The predicted molar refractivity (Wildman–Crippen MR) is 71.5 cm³/mol. The van der Waals surface area contributed by atoms with Crippen LogP contribution in [0.3, 0.4) is 0 Å². The quantitative estimate of drug-likeness (QED) is 0.328. The molecule has 0 saturated carbocycles. The van der Waals surface area contributed by atoms with Crippen LogP contribution in [0.2, 0.25) is 0 Å². The molecule has 0 aromatic heterocycles. The standard InChI is InChI=1S/C13H19N3O6/c1-12(2)18-5-6(20-12)8-10-9(21-13(3,4)22-10)7(15-16-14)11(17)19-8/h6-10H,5H2,1-4H3/t6-,7+,8-,9-,10+/m1/s1. The fourth-order valence-electron chi connectivity index (χ4n) is 3.05. The van der Waals surface area contributed by atoms with E-state index in [0.717, 1.165) is 0 Å². The SMILES string of the molecule is CC1(C)O[C@@H]2[C@H](O1)[C@H](N=[N+]=[N-])C(=O)O[C@@H]2[C@H]1COC(C)(C)O1. The van der Waals surface area contributed by atoms with E-state index in [1.807, 2.05) is 0 Å². The third-order valence-electron chi connectivity index (χ3n) is 3.87. The number of fused-ring (bicyclic) bond motifs is 1. The summed E-state index contributed by atoms with van der Waals surface area (Å²) in [6.07, 6.45) is -2.42. The Morgan fingerprint density at radius 1 is 1.09 bits per heavy atom. The highest BCUT2D eigenvalue weighted by Gasteiger charge is 2.58. The Hall–Kier alpha value is -1.38. The molecule has 22 heavy (non-hydrogen) atoms. The Bertz CT molecular complexity index is 530. The van der Waals surface area contributed by atoms with Gasteiger partial charge in [0.15, 0.2) is 23.7 Å². The fraction of sp³-hybridized carbons (Fsp3) is 0.923. The van der Waals surface area contributed by atoms with Crippen molar-refractivity contribution < 1.29 is 28.5 Å². The minimum Gasteiger partial charge on any atom is -0.456 e. The largest absolute Gasteiger partial charge is 0.456 e. The molecule has 9 heteroatoms. The van der Waals surface area contributed by atoms with E-state index in [2.05, 4.69) is 10.0 Å². The molecule has 3 rings (SSSR count). The molecule has 9 nitrogen and oxygen atoms in total. The Labute approximate surface area is 127 Å². The van der Waals surface area contributed by atoms with Crippen molar-refractivity contribution in [3.05, 3.63) is 10.4 Å². The van der Waals surface area contributed by atoms with Gasteiger partial charge in [-0.15, -0.1) is 0 Å². The summed E-state index contributed by atoms with van der Waals surface area (Å²) in [7, 11) is 0. The molecule has 0 aliphatic carbocycles. The van der Waals surface area contributed by atoms with Gasteiger partial charge in [-0.3, -0.25) is 4.79 Å². The molecule has 0 aromatic carbocycles. The number of rotatable bonds is 2. The number of cyclic esters (lactones) is 1. The van der Waals surface area contributed by atoms with Crippen molar-refractivity contribution in [2.75, 3.05) is 6.61 Å². The summed E-state index contributed by atoms with van der Waals surface area (Å²) in [5, 5.41) is 3.49.